The van der Waals surface area contributed by atoms with Gasteiger partial charge in [-0.2, -0.15) is 0 Å². The van der Waals surface area contributed by atoms with Crippen molar-refractivity contribution < 1.29 is 37.5 Å². The molecule has 15 heteroatoms. The number of aromatic nitrogens is 1. The van der Waals surface area contributed by atoms with Crippen molar-refractivity contribution in [3.8, 4) is 16.9 Å². The molecule has 1 aliphatic carbocycles. The Hall–Kier alpha value is -5.70. The van der Waals surface area contributed by atoms with Gasteiger partial charge in [-0.15, -0.1) is 0 Å². The third-order valence-electron chi connectivity index (χ3n) is 11.2. The fraction of sp³-hybridized carbons (Fsp3) is 0.395. The van der Waals surface area contributed by atoms with Crippen molar-refractivity contribution in [1.29, 1.82) is 0 Å². The number of hydrogen-bond acceptors (Lipinski definition) is 7. The Kier molecular flexibility index (Phi) is 12.2. The van der Waals surface area contributed by atoms with Crippen LogP contribution in [0.2, 0.25) is 0 Å². The minimum absolute atomic E-state index is 0.102. The number of carbonyl (C=O) groups excluding carboxylic acids is 5. The smallest absolute Gasteiger partial charge is 0.257 e. The number of hydrogen-bond donors (Lipinski definition) is 4. The number of rotatable bonds is 15. The van der Waals surface area contributed by atoms with E-state index in [1.165, 1.54) is 4.90 Å². The molecule has 5 amide bonds. The Labute approximate surface area is 339 Å². The van der Waals surface area contributed by atoms with Crippen LogP contribution in [0.5, 0.6) is 5.75 Å². The molecule has 58 heavy (non-hydrogen) atoms. The van der Waals surface area contributed by atoms with E-state index in [-0.39, 0.29) is 73.5 Å². The van der Waals surface area contributed by atoms with Crippen molar-refractivity contribution in [2.45, 2.75) is 95.2 Å². The van der Waals surface area contributed by atoms with Crippen LogP contribution in [0, 0.1) is 0 Å². The molecule has 4 aromatic rings. The molecule has 3 aromatic carbocycles. The first-order chi connectivity index (χ1) is 27.9. The summed E-state index contributed by atoms with van der Waals surface area (Å²) < 4.78 is 36.0. The summed E-state index contributed by atoms with van der Waals surface area (Å²) in [4.78, 5) is 64.2. The van der Waals surface area contributed by atoms with Crippen LogP contribution in [0.15, 0.2) is 66.9 Å². The molecule has 2 aliphatic heterocycles. The van der Waals surface area contributed by atoms with E-state index in [4.69, 9.17) is 22.7 Å². The number of nitrogens with zero attached hydrogens (tertiary/aromatic N) is 2. The highest BCUT2D eigenvalue weighted by Gasteiger charge is 2.40. The fourth-order valence-corrected chi connectivity index (χ4v) is 8.23. The van der Waals surface area contributed by atoms with Gasteiger partial charge in [0, 0.05) is 77.8 Å². The van der Waals surface area contributed by atoms with E-state index >= 15 is 0 Å². The van der Waals surface area contributed by atoms with Gasteiger partial charge in [-0.25, -0.2) is 8.78 Å². The highest BCUT2D eigenvalue weighted by atomic mass is 32.1. The Bertz CT molecular complexity index is 2270. The Balaban J connectivity index is 0.859. The lowest BCUT2D eigenvalue weighted by atomic mass is 9.92. The van der Waals surface area contributed by atoms with Crippen molar-refractivity contribution in [2.75, 3.05) is 18.5 Å². The first-order valence-electron chi connectivity index (χ1n) is 19.8. The number of anilines is 1. The van der Waals surface area contributed by atoms with Crippen molar-refractivity contribution in [3.05, 3.63) is 83.6 Å². The van der Waals surface area contributed by atoms with Crippen LogP contribution >= 0.6 is 12.2 Å². The normalized spacial score (nSPS) is 17.9. The van der Waals surface area contributed by atoms with E-state index in [0.717, 1.165) is 40.4 Å². The van der Waals surface area contributed by atoms with Crippen molar-refractivity contribution >= 4 is 63.3 Å². The molecule has 0 spiro atoms. The zero-order valence-corrected chi connectivity index (χ0v) is 32.8. The summed E-state index contributed by atoms with van der Waals surface area (Å²) in [5, 5.41) is 9.07. The third-order valence-corrected chi connectivity index (χ3v) is 11.4. The highest BCUT2D eigenvalue weighted by molar-refractivity contribution is 7.80. The summed E-state index contributed by atoms with van der Waals surface area (Å²) in [5.74, 6) is -3.87. The van der Waals surface area contributed by atoms with Gasteiger partial charge >= 0.3 is 0 Å². The van der Waals surface area contributed by atoms with Crippen LogP contribution in [0.1, 0.15) is 98.2 Å². The monoisotopic (exact) mass is 812 g/mol. The summed E-state index contributed by atoms with van der Waals surface area (Å²) in [6.45, 7) is 0.342. The quantitative estimate of drug-likeness (QED) is 0.0598. The Morgan fingerprint density at radius 2 is 1.71 bits per heavy atom. The second kappa shape index (κ2) is 17.4. The average Bonchev–Trinajstić information content (AvgIpc) is 3.74. The van der Waals surface area contributed by atoms with Crippen molar-refractivity contribution in [3.63, 3.8) is 0 Å². The average molecular weight is 813 g/mol. The standard InChI is InChI=1S/C43H46F2N6O6S/c44-43(45)18-16-29(17-19-43)50-23-32(26-7-5-8-27(21-26)40(46)58)30-13-12-28(22-35(30)50)48-37(52)11-3-1-2-4-20-47-39(54)25-57-36-10-6-9-31-33(36)24-51(42(31)56)34-14-15-38(53)49-41(34)55/h5-10,12-13,21-23,29,34H,1-4,11,14-20,24-25H2,(H2,46,58)(H,47,54)(H,48,52)(H,49,53,55). The minimum Gasteiger partial charge on any atom is -0.483 e. The predicted octanol–water partition coefficient (Wildman–Crippen LogP) is 6.54. The molecule has 3 heterocycles. The lowest BCUT2D eigenvalue weighted by Crippen LogP contribution is -2.52. The summed E-state index contributed by atoms with van der Waals surface area (Å²) in [6, 6.07) is 17.5. The molecule has 1 atom stereocenters. The third kappa shape index (κ3) is 9.20. The van der Waals surface area contributed by atoms with E-state index in [0.29, 0.717) is 61.2 Å². The molecule has 0 radical (unpaired) electrons. The number of ether oxygens (including phenoxy) is 1. The molecule has 304 valence electrons. The zero-order chi connectivity index (χ0) is 41.0. The summed E-state index contributed by atoms with van der Waals surface area (Å²) >= 11 is 5.20. The molecule has 1 saturated carbocycles. The van der Waals surface area contributed by atoms with E-state index in [1.54, 1.807) is 18.2 Å². The molecule has 0 bridgehead atoms. The van der Waals surface area contributed by atoms with Crippen LogP contribution in [-0.2, 0) is 25.7 Å². The SMILES string of the molecule is NC(=S)c1cccc(-c2cn(C3CCC(F)(F)CC3)c3cc(NC(=O)CCCCCCNC(=O)COc4cccc5c4CN(C4CCC(=O)NC4=O)C5=O)ccc23)c1. The van der Waals surface area contributed by atoms with Crippen molar-refractivity contribution in [1.82, 2.24) is 20.1 Å². The molecule has 12 nitrogen and oxygen atoms in total. The molecule has 7 rings (SSSR count). The molecule has 1 saturated heterocycles. The first-order valence-corrected chi connectivity index (χ1v) is 20.2. The second-order valence-corrected chi connectivity index (χ2v) is 15.7. The number of nitrogens with two attached hydrogens (primary N) is 1. The van der Waals surface area contributed by atoms with Gasteiger partial charge in [0.05, 0.1) is 12.1 Å². The lowest BCUT2D eigenvalue weighted by Gasteiger charge is -2.29. The number of thiocarbonyl (C=S) groups is 1. The maximum absolute atomic E-state index is 14.1. The summed E-state index contributed by atoms with van der Waals surface area (Å²) in [7, 11) is 0. The largest absolute Gasteiger partial charge is 0.483 e. The van der Waals surface area contributed by atoms with Gasteiger partial charge in [-0.1, -0.05) is 55.4 Å². The van der Waals surface area contributed by atoms with E-state index in [2.05, 4.69) is 20.5 Å². The fourth-order valence-electron chi connectivity index (χ4n) is 8.11. The van der Waals surface area contributed by atoms with Gasteiger partial charge in [0.1, 0.15) is 16.8 Å². The summed E-state index contributed by atoms with van der Waals surface area (Å²) in [5.41, 5.74) is 11.0. The topological polar surface area (TPSA) is 165 Å². The molecular formula is C43H46F2N6O6S. The van der Waals surface area contributed by atoms with Crippen molar-refractivity contribution in [2.24, 2.45) is 5.73 Å². The molecule has 2 fully saturated rings. The molecule has 3 aliphatic rings. The maximum Gasteiger partial charge on any atom is 0.257 e. The van der Waals surface area contributed by atoms with Gasteiger partial charge in [0.2, 0.25) is 23.6 Å². The van der Waals surface area contributed by atoms with Gasteiger partial charge in [0.25, 0.3) is 11.8 Å². The van der Waals surface area contributed by atoms with Gasteiger partial charge in [0.15, 0.2) is 6.61 Å². The molecular weight excluding hydrogens is 767 g/mol. The van der Waals surface area contributed by atoms with Crippen LogP contribution < -0.4 is 26.4 Å². The number of halogens is 2. The van der Waals surface area contributed by atoms with Crippen LogP contribution in [0.4, 0.5) is 14.5 Å². The van der Waals surface area contributed by atoms with Gasteiger partial charge in [-0.3, -0.25) is 29.3 Å². The number of carbonyl (C=O) groups is 5. The predicted molar refractivity (Wildman–Crippen MR) is 218 cm³/mol. The van der Waals surface area contributed by atoms with Crippen LogP contribution in [0.25, 0.3) is 22.0 Å². The number of fused-ring (bicyclic) bond motifs is 2. The number of benzene rings is 3. The number of nitrogens with one attached hydrogen (secondary N) is 3. The number of piperidine rings is 1. The second-order valence-electron chi connectivity index (χ2n) is 15.2. The number of imide groups is 1. The maximum atomic E-state index is 14.1. The lowest BCUT2D eigenvalue weighted by molar-refractivity contribution is -0.137. The summed E-state index contributed by atoms with van der Waals surface area (Å²) in [6.07, 6.45) is 6.07. The van der Waals surface area contributed by atoms with E-state index < -0.39 is 17.9 Å². The van der Waals surface area contributed by atoms with Gasteiger partial charge in [-0.05, 0) is 68.0 Å². The molecule has 5 N–H and O–H groups in total. The van der Waals surface area contributed by atoms with E-state index in [9.17, 15) is 32.8 Å². The zero-order valence-electron chi connectivity index (χ0n) is 32.0. The number of alkyl halides is 2. The number of unbranched alkanes of at least 4 members (excludes halogenated alkanes) is 3. The van der Waals surface area contributed by atoms with Gasteiger partial charge < -0.3 is 30.6 Å². The minimum atomic E-state index is -2.66. The Morgan fingerprint density at radius 3 is 2.48 bits per heavy atom. The first kappa shape index (κ1) is 40.5. The van der Waals surface area contributed by atoms with Crippen LogP contribution in [-0.4, -0.2) is 69.1 Å². The van der Waals surface area contributed by atoms with Crippen LogP contribution in [0.3, 0.4) is 0 Å². The highest BCUT2D eigenvalue weighted by Crippen LogP contribution is 2.42. The Morgan fingerprint density at radius 1 is 0.931 bits per heavy atom. The van der Waals surface area contributed by atoms with E-state index in [1.807, 2.05) is 48.7 Å². The molecule has 1 aromatic heterocycles. The number of amides is 5. The molecule has 1 unspecified atom stereocenters.